The van der Waals surface area contributed by atoms with Crippen LogP contribution in [0.15, 0.2) is 42.5 Å². The molecule has 31 heavy (non-hydrogen) atoms. The molecule has 2 aromatic carbocycles. The van der Waals surface area contributed by atoms with Crippen molar-refractivity contribution in [1.29, 1.82) is 0 Å². The minimum Gasteiger partial charge on any atom is -0.350 e. The van der Waals surface area contributed by atoms with Crippen LogP contribution in [0.3, 0.4) is 0 Å². The average Bonchev–Trinajstić information content (AvgIpc) is 3.42. The second-order valence-electron chi connectivity index (χ2n) is 8.56. The van der Waals surface area contributed by atoms with E-state index in [4.69, 9.17) is 0 Å². The highest BCUT2D eigenvalue weighted by Gasteiger charge is 2.45. The Morgan fingerprint density at radius 1 is 1.03 bits per heavy atom. The predicted molar refractivity (Wildman–Crippen MR) is 114 cm³/mol. The van der Waals surface area contributed by atoms with Gasteiger partial charge in [0.05, 0.1) is 17.3 Å². The number of nitrogens with zero attached hydrogens (tertiary/aromatic N) is 1. The van der Waals surface area contributed by atoms with Crippen molar-refractivity contribution in [1.82, 2.24) is 10.2 Å². The topological polar surface area (TPSA) is 78.5 Å². The number of carbonyl (C=O) groups excluding carboxylic acids is 3. The highest BCUT2D eigenvalue weighted by atomic mass is 19.1. The second kappa shape index (κ2) is 7.80. The molecule has 3 amide bonds. The molecular formula is C24H24FN3O3. The van der Waals surface area contributed by atoms with E-state index >= 15 is 0 Å². The molecule has 2 fully saturated rings. The van der Waals surface area contributed by atoms with Crippen molar-refractivity contribution in [2.24, 2.45) is 5.92 Å². The molecule has 0 radical (unpaired) electrons. The van der Waals surface area contributed by atoms with Gasteiger partial charge in [0.2, 0.25) is 11.8 Å². The van der Waals surface area contributed by atoms with Gasteiger partial charge in [0, 0.05) is 18.0 Å². The summed E-state index contributed by atoms with van der Waals surface area (Å²) in [5.74, 6) is -0.984. The Morgan fingerprint density at radius 3 is 2.58 bits per heavy atom. The molecule has 7 heteroatoms. The lowest BCUT2D eigenvalue weighted by Crippen LogP contribution is -2.52. The van der Waals surface area contributed by atoms with Gasteiger partial charge >= 0.3 is 0 Å². The van der Waals surface area contributed by atoms with E-state index in [1.807, 2.05) is 0 Å². The summed E-state index contributed by atoms with van der Waals surface area (Å²) in [6.07, 6.45) is 4.39. The molecule has 2 aliphatic heterocycles. The quantitative estimate of drug-likeness (QED) is 0.798. The Morgan fingerprint density at radius 2 is 1.81 bits per heavy atom. The van der Waals surface area contributed by atoms with Gasteiger partial charge in [-0.1, -0.05) is 37.1 Å². The normalized spacial score (nSPS) is 23.2. The average molecular weight is 421 g/mol. The standard InChI is InChI=1S/C24H24FN3O3/c25-18-8-4-3-7-16(18)15-9-10-19-17(13-15)24(31)28-12-11-20(21(28)23(30)26-19)27-22(29)14-5-1-2-6-14/h3-4,7-10,13-14,20-21H,1-2,5-6,11-12H2,(H,26,30)(H,27,29). The fraction of sp³-hybridized carbons (Fsp3) is 0.375. The van der Waals surface area contributed by atoms with Crippen LogP contribution in [-0.2, 0) is 9.59 Å². The highest BCUT2D eigenvalue weighted by molar-refractivity contribution is 6.11. The summed E-state index contributed by atoms with van der Waals surface area (Å²) in [4.78, 5) is 40.5. The lowest BCUT2D eigenvalue weighted by atomic mass is 10.0. The summed E-state index contributed by atoms with van der Waals surface area (Å²) in [5.41, 5.74) is 1.71. The van der Waals surface area contributed by atoms with Crippen LogP contribution < -0.4 is 10.6 Å². The zero-order valence-electron chi connectivity index (χ0n) is 17.1. The summed E-state index contributed by atoms with van der Waals surface area (Å²) < 4.78 is 14.3. The molecule has 0 aromatic heterocycles. The molecule has 1 saturated carbocycles. The molecule has 2 N–H and O–H groups in total. The summed E-state index contributed by atoms with van der Waals surface area (Å²) in [6.45, 7) is 0.385. The minimum atomic E-state index is -0.748. The Balaban J connectivity index is 1.43. The van der Waals surface area contributed by atoms with Crippen molar-refractivity contribution in [3.05, 3.63) is 53.8 Å². The minimum absolute atomic E-state index is 0.000819. The van der Waals surface area contributed by atoms with Crippen LogP contribution in [0, 0.1) is 11.7 Å². The van der Waals surface area contributed by atoms with Crippen molar-refractivity contribution >= 4 is 23.4 Å². The van der Waals surface area contributed by atoms with Gasteiger partial charge in [-0.15, -0.1) is 0 Å². The Kier molecular flexibility index (Phi) is 4.96. The second-order valence-corrected chi connectivity index (χ2v) is 8.56. The Labute approximate surface area is 179 Å². The Bertz CT molecular complexity index is 1060. The van der Waals surface area contributed by atoms with E-state index in [1.165, 1.54) is 11.0 Å². The first-order valence-corrected chi connectivity index (χ1v) is 10.8. The van der Waals surface area contributed by atoms with Crippen molar-refractivity contribution in [2.45, 2.75) is 44.2 Å². The summed E-state index contributed by atoms with van der Waals surface area (Å²) >= 11 is 0. The van der Waals surface area contributed by atoms with E-state index in [0.29, 0.717) is 35.3 Å². The fourth-order valence-corrected chi connectivity index (χ4v) is 5.04. The Hall–Kier alpha value is -3.22. The molecule has 160 valence electrons. The number of fused-ring (bicyclic) bond motifs is 2. The fourth-order valence-electron chi connectivity index (χ4n) is 5.04. The molecule has 1 saturated heterocycles. The summed E-state index contributed by atoms with van der Waals surface area (Å²) in [6, 6.07) is 10.2. The van der Waals surface area contributed by atoms with Gasteiger partial charge in [0.25, 0.3) is 5.91 Å². The van der Waals surface area contributed by atoms with E-state index in [2.05, 4.69) is 10.6 Å². The van der Waals surface area contributed by atoms with Crippen LogP contribution in [0.2, 0.25) is 0 Å². The number of rotatable bonds is 3. The molecule has 0 spiro atoms. The van der Waals surface area contributed by atoms with E-state index < -0.39 is 12.1 Å². The summed E-state index contributed by atoms with van der Waals surface area (Å²) in [5, 5.41) is 5.87. The number of nitrogens with one attached hydrogen (secondary N) is 2. The van der Waals surface area contributed by atoms with Gasteiger partial charge in [-0.3, -0.25) is 14.4 Å². The van der Waals surface area contributed by atoms with Gasteiger partial charge in [0.15, 0.2) is 0 Å². The first-order chi connectivity index (χ1) is 15.0. The number of carbonyl (C=O) groups is 3. The van der Waals surface area contributed by atoms with Gasteiger partial charge in [0.1, 0.15) is 11.9 Å². The monoisotopic (exact) mass is 421 g/mol. The lowest BCUT2D eigenvalue weighted by Gasteiger charge is -2.25. The smallest absolute Gasteiger partial charge is 0.256 e. The van der Waals surface area contributed by atoms with E-state index in [-0.39, 0.29) is 29.5 Å². The molecule has 2 atom stereocenters. The molecule has 0 bridgehead atoms. The van der Waals surface area contributed by atoms with E-state index in [9.17, 15) is 18.8 Å². The molecule has 3 aliphatic rings. The third kappa shape index (κ3) is 3.48. The van der Waals surface area contributed by atoms with Crippen molar-refractivity contribution < 1.29 is 18.8 Å². The zero-order valence-corrected chi connectivity index (χ0v) is 17.1. The van der Waals surface area contributed by atoms with Gasteiger partial charge < -0.3 is 15.5 Å². The highest BCUT2D eigenvalue weighted by Crippen LogP contribution is 2.33. The SMILES string of the molecule is O=C(NC1CCN2C(=O)c3cc(-c4ccccc4F)ccc3NC(=O)C12)C1CCCC1. The van der Waals surface area contributed by atoms with Crippen LogP contribution in [0.1, 0.15) is 42.5 Å². The number of hydrogen-bond acceptors (Lipinski definition) is 3. The van der Waals surface area contributed by atoms with Gasteiger partial charge in [-0.2, -0.15) is 0 Å². The van der Waals surface area contributed by atoms with Crippen molar-refractivity contribution in [3.8, 4) is 11.1 Å². The van der Waals surface area contributed by atoms with Crippen LogP contribution in [0.5, 0.6) is 0 Å². The summed E-state index contributed by atoms with van der Waals surface area (Å²) in [7, 11) is 0. The third-order valence-corrected chi connectivity index (χ3v) is 6.67. The number of amides is 3. The molecule has 1 aliphatic carbocycles. The number of benzene rings is 2. The number of halogens is 1. The van der Waals surface area contributed by atoms with Crippen LogP contribution >= 0.6 is 0 Å². The molecule has 5 rings (SSSR count). The van der Waals surface area contributed by atoms with Crippen molar-refractivity contribution in [3.63, 3.8) is 0 Å². The third-order valence-electron chi connectivity index (χ3n) is 6.67. The molecular weight excluding hydrogens is 397 g/mol. The molecule has 2 heterocycles. The van der Waals surface area contributed by atoms with Crippen LogP contribution in [0.4, 0.5) is 10.1 Å². The van der Waals surface area contributed by atoms with Gasteiger partial charge in [-0.25, -0.2) is 4.39 Å². The molecule has 2 unspecified atom stereocenters. The van der Waals surface area contributed by atoms with E-state index in [1.54, 1.807) is 36.4 Å². The predicted octanol–water partition coefficient (Wildman–Crippen LogP) is 3.33. The number of hydrogen-bond donors (Lipinski definition) is 2. The van der Waals surface area contributed by atoms with Crippen LogP contribution in [0.25, 0.3) is 11.1 Å². The van der Waals surface area contributed by atoms with Crippen LogP contribution in [-0.4, -0.2) is 41.2 Å². The largest absolute Gasteiger partial charge is 0.350 e. The first-order valence-electron chi connectivity index (χ1n) is 10.8. The maximum atomic E-state index is 14.3. The maximum Gasteiger partial charge on any atom is 0.256 e. The molecule has 6 nitrogen and oxygen atoms in total. The number of anilines is 1. The molecule has 2 aromatic rings. The lowest BCUT2D eigenvalue weighted by molar-refractivity contribution is -0.126. The first kappa shape index (κ1) is 19.7. The zero-order chi connectivity index (χ0) is 21.5. The maximum absolute atomic E-state index is 14.3. The van der Waals surface area contributed by atoms with E-state index in [0.717, 1.165) is 25.7 Å². The van der Waals surface area contributed by atoms with Crippen molar-refractivity contribution in [2.75, 3.05) is 11.9 Å². The van der Waals surface area contributed by atoms with Gasteiger partial charge in [-0.05, 0) is 43.0 Å².